The number of nitrogens with one attached hydrogen (secondary N) is 2. The van der Waals surface area contributed by atoms with Crippen LogP contribution in [0.3, 0.4) is 0 Å². The summed E-state index contributed by atoms with van der Waals surface area (Å²) in [7, 11) is 0. The maximum absolute atomic E-state index is 11.2. The number of thiol groups is 1. The zero-order chi connectivity index (χ0) is 9.68. The molecule has 0 spiro atoms. The molecular formula is C7H7N3OS2. The summed E-state index contributed by atoms with van der Waals surface area (Å²) in [6, 6.07) is 3.32. The van der Waals surface area contributed by atoms with E-state index >= 15 is 0 Å². The van der Waals surface area contributed by atoms with Gasteiger partial charge in [-0.05, 0) is 12.1 Å². The van der Waals surface area contributed by atoms with E-state index < -0.39 is 0 Å². The highest BCUT2D eigenvalue weighted by Gasteiger charge is 2.02. The molecule has 0 fully saturated rings. The number of hydrogen-bond acceptors (Lipinski definition) is 3. The van der Waals surface area contributed by atoms with Gasteiger partial charge in [-0.15, -0.1) is 12.6 Å². The van der Waals surface area contributed by atoms with E-state index in [9.17, 15) is 4.79 Å². The molecule has 0 atom stereocenters. The maximum atomic E-state index is 11.2. The first-order valence-electron chi connectivity index (χ1n) is 3.39. The molecule has 0 saturated carbocycles. The summed E-state index contributed by atoms with van der Waals surface area (Å²) >= 11 is 8.36. The Hall–Kier alpha value is -1.14. The highest BCUT2D eigenvalue weighted by Crippen LogP contribution is 1.93. The summed E-state index contributed by atoms with van der Waals surface area (Å²) in [4.78, 5) is 15.0. The molecule has 13 heavy (non-hydrogen) atoms. The molecule has 0 unspecified atom stereocenters. The van der Waals surface area contributed by atoms with Crippen molar-refractivity contribution in [2.45, 2.75) is 0 Å². The molecule has 0 aliphatic rings. The summed E-state index contributed by atoms with van der Waals surface area (Å²) in [5.41, 5.74) is 5.22. The SMILES string of the molecule is O=C(NNC(=S)S)c1cccnc1. The van der Waals surface area contributed by atoms with Crippen LogP contribution in [0, 0.1) is 0 Å². The number of aromatic nitrogens is 1. The molecule has 6 heteroatoms. The molecule has 0 aliphatic carbocycles. The van der Waals surface area contributed by atoms with Crippen molar-refractivity contribution in [1.82, 2.24) is 15.8 Å². The van der Waals surface area contributed by atoms with Gasteiger partial charge in [0.05, 0.1) is 5.56 Å². The average molecular weight is 213 g/mol. The molecule has 0 bridgehead atoms. The summed E-state index contributed by atoms with van der Waals surface area (Å²) in [6.07, 6.45) is 3.05. The van der Waals surface area contributed by atoms with E-state index in [0.29, 0.717) is 5.56 Å². The molecule has 1 rings (SSSR count). The quantitative estimate of drug-likeness (QED) is 0.362. The first-order chi connectivity index (χ1) is 6.20. The van der Waals surface area contributed by atoms with Gasteiger partial charge in [-0.25, -0.2) is 0 Å². The number of carbonyl (C=O) groups is 1. The van der Waals surface area contributed by atoms with Crippen LogP contribution >= 0.6 is 24.8 Å². The van der Waals surface area contributed by atoms with Crippen LogP contribution in [0.4, 0.5) is 0 Å². The zero-order valence-electron chi connectivity index (χ0n) is 6.52. The second-order valence-electron chi connectivity index (χ2n) is 2.13. The van der Waals surface area contributed by atoms with Crippen LogP contribution in [0.5, 0.6) is 0 Å². The van der Waals surface area contributed by atoms with Crippen molar-refractivity contribution in [2.75, 3.05) is 0 Å². The molecule has 1 amide bonds. The monoisotopic (exact) mass is 213 g/mol. The Morgan fingerprint density at radius 1 is 1.54 bits per heavy atom. The predicted octanol–water partition coefficient (Wildman–Crippen LogP) is 0.531. The van der Waals surface area contributed by atoms with Crippen LogP contribution in [0.2, 0.25) is 0 Å². The number of pyridine rings is 1. The van der Waals surface area contributed by atoms with E-state index in [1.807, 2.05) is 0 Å². The number of hydrogen-bond donors (Lipinski definition) is 3. The topological polar surface area (TPSA) is 54.0 Å². The van der Waals surface area contributed by atoms with Gasteiger partial charge in [0.15, 0.2) is 0 Å². The Morgan fingerprint density at radius 3 is 2.85 bits per heavy atom. The number of rotatable bonds is 1. The Morgan fingerprint density at radius 2 is 2.31 bits per heavy atom. The van der Waals surface area contributed by atoms with Crippen molar-refractivity contribution in [1.29, 1.82) is 0 Å². The van der Waals surface area contributed by atoms with Gasteiger partial charge in [0, 0.05) is 12.4 Å². The molecule has 4 nitrogen and oxygen atoms in total. The lowest BCUT2D eigenvalue weighted by atomic mass is 10.3. The summed E-state index contributed by atoms with van der Waals surface area (Å²) < 4.78 is 0.206. The number of amides is 1. The van der Waals surface area contributed by atoms with Crippen LogP contribution in [0.25, 0.3) is 0 Å². The zero-order valence-corrected chi connectivity index (χ0v) is 8.23. The van der Waals surface area contributed by atoms with Crippen LogP contribution in [-0.4, -0.2) is 15.2 Å². The van der Waals surface area contributed by atoms with Crippen molar-refractivity contribution in [3.8, 4) is 0 Å². The van der Waals surface area contributed by atoms with E-state index in [2.05, 4.69) is 40.7 Å². The van der Waals surface area contributed by atoms with Crippen LogP contribution < -0.4 is 10.9 Å². The third-order valence-corrected chi connectivity index (χ3v) is 1.42. The molecule has 0 saturated heterocycles. The molecule has 1 aromatic heterocycles. The second-order valence-corrected chi connectivity index (χ2v) is 3.28. The van der Waals surface area contributed by atoms with E-state index in [0.717, 1.165) is 0 Å². The number of nitrogens with zero attached hydrogens (tertiary/aromatic N) is 1. The fourth-order valence-electron chi connectivity index (χ4n) is 0.679. The second kappa shape index (κ2) is 4.78. The van der Waals surface area contributed by atoms with Gasteiger partial charge in [-0.2, -0.15) is 0 Å². The summed E-state index contributed by atoms with van der Waals surface area (Å²) in [5, 5.41) is 0. The predicted molar refractivity (Wildman–Crippen MR) is 56.4 cm³/mol. The van der Waals surface area contributed by atoms with Crippen molar-refractivity contribution in [2.24, 2.45) is 0 Å². The van der Waals surface area contributed by atoms with Gasteiger partial charge in [0.2, 0.25) is 0 Å². The third-order valence-electron chi connectivity index (χ3n) is 1.21. The Labute approximate surface area is 86.1 Å². The van der Waals surface area contributed by atoms with Crippen LogP contribution in [0.1, 0.15) is 10.4 Å². The first kappa shape index (κ1) is 9.94. The van der Waals surface area contributed by atoms with Gasteiger partial charge in [0.1, 0.15) is 4.32 Å². The Bertz CT molecular complexity index is 315. The van der Waals surface area contributed by atoms with E-state index in [1.165, 1.54) is 6.20 Å². The van der Waals surface area contributed by atoms with Gasteiger partial charge in [0.25, 0.3) is 5.91 Å². The lowest BCUT2D eigenvalue weighted by molar-refractivity contribution is 0.0944. The minimum Gasteiger partial charge on any atom is -0.283 e. The number of thiocarbonyl (C=S) groups is 1. The van der Waals surface area contributed by atoms with Gasteiger partial charge in [-0.1, -0.05) is 12.2 Å². The van der Waals surface area contributed by atoms with Crippen molar-refractivity contribution in [3.63, 3.8) is 0 Å². The molecule has 0 aromatic carbocycles. The molecule has 68 valence electrons. The van der Waals surface area contributed by atoms with E-state index in [-0.39, 0.29) is 10.2 Å². The van der Waals surface area contributed by atoms with Gasteiger partial charge < -0.3 is 0 Å². The third kappa shape index (κ3) is 3.39. The van der Waals surface area contributed by atoms with Gasteiger partial charge in [-0.3, -0.25) is 20.6 Å². The average Bonchev–Trinajstić information content (AvgIpc) is 2.15. The molecule has 1 aromatic rings. The van der Waals surface area contributed by atoms with E-state index in [4.69, 9.17) is 0 Å². The first-order valence-corrected chi connectivity index (χ1v) is 4.25. The fourth-order valence-corrected chi connectivity index (χ4v) is 0.786. The summed E-state index contributed by atoms with van der Waals surface area (Å²) in [5.74, 6) is -0.301. The maximum Gasteiger partial charge on any atom is 0.271 e. The standard InChI is InChI=1S/C7H7N3OS2/c11-6(9-10-7(12)13)5-2-1-3-8-4-5/h1-4H,(H,9,11)(H2,10,12,13). The highest BCUT2D eigenvalue weighted by molar-refractivity contribution is 8.11. The normalized spacial score (nSPS) is 9.00. The molecule has 0 aliphatic heterocycles. The Balaban J connectivity index is 2.54. The number of hydrazine groups is 1. The van der Waals surface area contributed by atoms with Crippen molar-refractivity contribution in [3.05, 3.63) is 30.1 Å². The molecule has 2 N–H and O–H groups in total. The summed E-state index contributed by atoms with van der Waals surface area (Å²) in [6.45, 7) is 0. The molecule has 0 radical (unpaired) electrons. The highest BCUT2D eigenvalue weighted by atomic mass is 32.1. The fraction of sp³-hybridized carbons (Fsp3) is 0. The lowest BCUT2D eigenvalue weighted by Crippen LogP contribution is -2.38. The lowest BCUT2D eigenvalue weighted by Gasteiger charge is -2.04. The van der Waals surface area contributed by atoms with E-state index in [1.54, 1.807) is 18.3 Å². The molecular weight excluding hydrogens is 206 g/mol. The van der Waals surface area contributed by atoms with Crippen molar-refractivity contribution >= 4 is 35.1 Å². The van der Waals surface area contributed by atoms with Crippen molar-refractivity contribution < 1.29 is 4.79 Å². The van der Waals surface area contributed by atoms with Gasteiger partial charge >= 0.3 is 0 Å². The largest absolute Gasteiger partial charge is 0.283 e. The smallest absolute Gasteiger partial charge is 0.271 e. The Kier molecular flexibility index (Phi) is 3.66. The minimum absolute atomic E-state index is 0.206. The number of carbonyl (C=O) groups excluding carboxylic acids is 1. The van der Waals surface area contributed by atoms with Crippen LogP contribution in [-0.2, 0) is 0 Å². The molecule has 1 heterocycles. The minimum atomic E-state index is -0.301. The van der Waals surface area contributed by atoms with Crippen LogP contribution in [0.15, 0.2) is 24.5 Å².